The molecule has 1 aromatic carbocycles. The SMILES string of the molecule is C[C@@H](OC(=O)CCc1ccc(-c2ccccc2)o1)C(=O)Nc1sccc1C#N. The van der Waals surface area contributed by atoms with E-state index < -0.39 is 18.0 Å². The van der Waals surface area contributed by atoms with Gasteiger partial charge < -0.3 is 14.5 Å². The van der Waals surface area contributed by atoms with Crippen molar-refractivity contribution in [2.75, 3.05) is 5.32 Å². The Bertz CT molecular complexity index is 1000. The maximum atomic E-state index is 12.1. The van der Waals surface area contributed by atoms with Gasteiger partial charge in [0.15, 0.2) is 6.10 Å². The van der Waals surface area contributed by atoms with Crippen LogP contribution >= 0.6 is 11.3 Å². The molecule has 3 aromatic rings. The molecule has 6 nitrogen and oxygen atoms in total. The van der Waals surface area contributed by atoms with Crippen LogP contribution in [0.1, 0.15) is 24.7 Å². The summed E-state index contributed by atoms with van der Waals surface area (Å²) in [4.78, 5) is 24.2. The molecule has 0 aliphatic rings. The number of hydrogen-bond acceptors (Lipinski definition) is 6. The molecule has 28 heavy (non-hydrogen) atoms. The minimum Gasteiger partial charge on any atom is -0.461 e. The number of amides is 1. The van der Waals surface area contributed by atoms with E-state index in [-0.39, 0.29) is 6.42 Å². The van der Waals surface area contributed by atoms with Crippen molar-refractivity contribution in [2.45, 2.75) is 25.9 Å². The van der Waals surface area contributed by atoms with Gasteiger partial charge in [0.1, 0.15) is 22.6 Å². The normalized spacial score (nSPS) is 11.4. The van der Waals surface area contributed by atoms with E-state index in [4.69, 9.17) is 14.4 Å². The number of esters is 1. The van der Waals surface area contributed by atoms with Gasteiger partial charge in [-0.05, 0) is 30.5 Å². The molecule has 0 saturated carbocycles. The molecule has 7 heteroatoms. The highest BCUT2D eigenvalue weighted by Gasteiger charge is 2.19. The van der Waals surface area contributed by atoms with Crippen LogP contribution in [0.3, 0.4) is 0 Å². The lowest BCUT2D eigenvalue weighted by atomic mass is 10.2. The Morgan fingerprint density at radius 3 is 2.75 bits per heavy atom. The first-order chi connectivity index (χ1) is 13.6. The molecule has 0 radical (unpaired) electrons. The highest BCUT2D eigenvalue weighted by molar-refractivity contribution is 7.14. The Morgan fingerprint density at radius 1 is 1.21 bits per heavy atom. The predicted molar refractivity (Wildman–Crippen MR) is 106 cm³/mol. The largest absolute Gasteiger partial charge is 0.461 e. The first-order valence-electron chi connectivity index (χ1n) is 8.69. The zero-order chi connectivity index (χ0) is 19.9. The van der Waals surface area contributed by atoms with Gasteiger partial charge in [-0.1, -0.05) is 30.3 Å². The van der Waals surface area contributed by atoms with E-state index in [1.165, 1.54) is 18.3 Å². The Morgan fingerprint density at radius 2 is 2.00 bits per heavy atom. The number of furan rings is 1. The molecule has 1 N–H and O–H groups in total. The highest BCUT2D eigenvalue weighted by atomic mass is 32.1. The van der Waals surface area contributed by atoms with Crippen molar-refractivity contribution < 1.29 is 18.7 Å². The minimum absolute atomic E-state index is 0.0990. The molecule has 1 atom stereocenters. The molecule has 3 rings (SSSR count). The summed E-state index contributed by atoms with van der Waals surface area (Å²) in [5.41, 5.74) is 1.34. The van der Waals surface area contributed by atoms with E-state index in [1.807, 2.05) is 48.5 Å². The fraction of sp³-hybridized carbons (Fsp3) is 0.190. The lowest BCUT2D eigenvalue weighted by molar-refractivity contribution is -0.153. The number of nitrogens with one attached hydrogen (secondary N) is 1. The Kier molecular flexibility index (Phi) is 6.25. The van der Waals surface area contributed by atoms with E-state index in [2.05, 4.69) is 5.32 Å². The van der Waals surface area contributed by atoms with Crippen LogP contribution in [0.5, 0.6) is 0 Å². The van der Waals surface area contributed by atoms with Gasteiger partial charge in [-0.25, -0.2) is 0 Å². The van der Waals surface area contributed by atoms with E-state index >= 15 is 0 Å². The smallest absolute Gasteiger partial charge is 0.307 e. The Labute approximate surface area is 166 Å². The van der Waals surface area contributed by atoms with Crippen molar-refractivity contribution in [1.29, 1.82) is 5.26 Å². The van der Waals surface area contributed by atoms with Crippen molar-refractivity contribution >= 4 is 28.2 Å². The number of nitriles is 1. The summed E-state index contributed by atoms with van der Waals surface area (Å²) in [5, 5.41) is 13.7. The summed E-state index contributed by atoms with van der Waals surface area (Å²) in [5.74, 6) is 0.440. The monoisotopic (exact) mass is 394 g/mol. The number of rotatable bonds is 7. The second-order valence-electron chi connectivity index (χ2n) is 6.03. The average molecular weight is 394 g/mol. The quantitative estimate of drug-likeness (QED) is 0.600. The summed E-state index contributed by atoms with van der Waals surface area (Å²) in [6.45, 7) is 1.49. The summed E-state index contributed by atoms with van der Waals surface area (Å²) < 4.78 is 10.9. The van der Waals surface area contributed by atoms with Crippen LogP contribution in [0.4, 0.5) is 5.00 Å². The van der Waals surface area contributed by atoms with Crippen molar-refractivity contribution in [3.8, 4) is 17.4 Å². The molecule has 0 aliphatic heterocycles. The van der Waals surface area contributed by atoms with Crippen LogP contribution in [0, 0.1) is 11.3 Å². The maximum absolute atomic E-state index is 12.1. The third-order valence-corrected chi connectivity index (χ3v) is 4.83. The van der Waals surface area contributed by atoms with Crippen LogP contribution < -0.4 is 5.32 Å². The lowest BCUT2D eigenvalue weighted by Gasteiger charge is -2.12. The van der Waals surface area contributed by atoms with Crippen molar-refractivity contribution in [1.82, 2.24) is 0 Å². The van der Waals surface area contributed by atoms with Gasteiger partial charge in [-0.2, -0.15) is 5.26 Å². The zero-order valence-electron chi connectivity index (χ0n) is 15.2. The zero-order valence-corrected chi connectivity index (χ0v) is 16.0. The number of nitrogens with zero attached hydrogens (tertiary/aromatic N) is 1. The second-order valence-corrected chi connectivity index (χ2v) is 6.94. The first-order valence-corrected chi connectivity index (χ1v) is 9.57. The molecule has 0 saturated heterocycles. The summed E-state index contributed by atoms with van der Waals surface area (Å²) >= 11 is 1.24. The van der Waals surface area contributed by atoms with Crippen molar-refractivity contribution in [2.24, 2.45) is 0 Å². The van der Waals surface area contributed by atoms with Gasteiger partial charge in [0, 0.05) is 12.0 Å². The average Bonchev–Trinajstić information content (AvgIpc) is 3.36. The Balaban J connectivity index is 1.48. The molecule has 1 amide bonds. The van der Waals surface area contributed by atoms with E-state index in [0.717, 1.165) is 11.3 Å². The van der Waals surface area contributed by atoms with Gasteiger partial charge in [0.2, 0.25) is 0 Å². The molecular formula is C21H18N2O4S. The van der Waals surface area contributed by atoms with Crippen molar-refractivity contribution in [3.63, 3.8) is 0 Å². The third-order valence-electron chi connectivity index (χ3n) is 4.00. The number of anilines is 1. The molecule has 142 valence electrons. The number of carbonyl (C=O) groups is 2. The van der Waals surface area contributed by atoms with Gasteiger partial charge in [0.25, 0.3) is 5.91 Å². The van der Waals surface area contributed by atoms with Crippen LogP contribution in [-0.4, -0.2) is 18.0 Å². The topological polar surface area (TPSA) is 92.3 Å². The number of hydrogen-bond donors (Lipinski definition) is 1. The number of ether oxygens (including phenoxy) is 1. The first kappa shape index (κ1) is 19.4. The number of aryl methyl sites for hydroxylation is 1. The van der Waals surface area contributed by atoms with E-state index in [9.17, 15) is 9.59 Å². The predicted octanol–water partition coefficient (Wildman–Crippen LogP) is 4.38. The number of benzene rings is 1. The van der Waals surface area contributed by atoms with Gasteiger partial charge in [-0.15, -0.1) is 11.3 Å². The molecule has 0 fully saturated rings. The highest BCUT2D eigenvalue weighted by Crippen LogP contribution is 2.23. The van der Waals surface area contributed by atoms with E-state index in [0.29, 0.717) is 22.7 Å². The molecule has 0 bridgehead atoms. The number of carbonyl (C=O) groups excluding carboxylic acids is 2. The maximum Gasteiger partial charge on any atom is 0.307 e. The molecule has 0 unspecified atom stereocenters. The van der Waals surface area contributed by atoms with Crippen LogP contribution in [0.25, 0.3) is 11.3 Å². The van der Waals surface area contributed by atoms with Gasteiger partial charge in [-0.3, -0.25) is 9.59 Å². The summed E-state index contributed by atoms with van der Waals surface area (Å²) in [7, 11) is 0. The van der Waals surface area contributed by atoms with Crippen LogP contribution in [0.2, 0.25) is 0 Å². The number of thiophene rings is 1. The lowest BCUT2D eigenvalue weighted by Crippen LogP contribution is -2.30. The fourth-order valence-electron chi connectivity index (χ4n) is 2.51. The molecule has 2 heterocycles. The fourth-order valence-corrected chi connectivity index (χ4v) is 3.25. The third kappa shape index (κ3) is 4.87. The molecular weight excluding hydrogens is 376 g/mol. The Hall–Kier alpha value is -3.37. The minimum atomic E-state index is -0.961. The van der Waals surface area contributed by atoms with Gasteiger partial charge in [0.05, 0.1) is 12.0 Å². The summed E-state index contributed by atoms with van der Waals surface area (Å²) in [6.07, 6.45) is -0.483. The molecule has 2 aromatic heterocycles. The van der Waals surface area contributed by atoms with Crippen LogP contribution in [0.15, 0.2) is 58.3 Å². The van der Waals surface area contributed by atoms with Crippen LogP contribution in [-0.2, 0) is 20.7 Å². The van der Waals surface area contributed by atoms with E-state index in [1.54, 1.807) is 11.4 Å². The molecule has 0 aliphatic carbocycles. The standard InChI is InChI=1S/C21H18N2O4S/c1-14(20(25)23-21-16(13-22)11-12-28-21)26-19(24)10-8-17-7-9-18(27-17)15-5-3-2-4-6-15/h2-7,9,11-12,14H,8,10H2,1H3,(H,23,25)/t14-/m1/s1. The van der Waals surface area contributed by atoms with Gasteiger partial charge >= 0.3 is 5.97 Å². The molecule has 0 spiro atoms. The second kappa shape index (κ2) is 9.02. The van der Waals surface area contributed by atoms with Crippen molar-refractivity contribution in [3.05, 3.63) is 65.2 Å². The summed E-state index contributed by atoms with van der Waals surface area (Å²) in [6, 6.07) is 17.0.